The highest BCUT2D eigenvalue weighted by Crippen LogP contribution is 2.39. The molecule has 0 aromatic heterocycles. The molecule has 0 spiro atoms. The van der Waals surface area contributed by atoms with Gasteiger partial charge in [-0.15, -0.1) is 0 Å². The first-order chi connectivity index (χ1) is 7.52. The minimum atomic E-state index is -2.08. The molecule has 0 amide bonds. The summed E-state index contributed by atoms with van der Waals surface area (Å²) >= 11 is 0. The summed E-state index contributed by atoms with van der Waals surface area (Å²) in [6.07, 6.45) is 0. The van der Waals surface area contributed by atoms with E-state index in [0.29, 0.717) is 5.16 Å². The molecule has 0 heterocycles. The van der Waals surface area contributed by atoms with E-state index in [0.717, 1.165) is 18.1 Å². The maximum absolute atomic E-state index is 5.92. The lowest BCUT2D eigenvalue weighted by Gasteiger charge is -2.42. The zero-order valence-corrected chi connectivity index (χ0v) is 13.9. The van der Waals surface area contributed by atoms with Crippen LogP contribution in [0.1, 0.15) is 27.7 Å². The second-order valence-corrected chi connectivity index (χ2v) is 13.7. The van der Waals surface area contributed by atoms with E-state index in [9.17, 15) is 0 Å². The van der Waals surface area contributed by atoms with E-state index in [2.05, 4.69) is 27.7 Å². The molecule has 5 heteroatoms. The molecule has 0 N–H and O–H groups in total. The topological polar surface area (TPSA) is 27.7 Å². The van der Waals surface area contributed by atoms with Gasteiger partial charge in [0.2, 0.25) is 0 Å². The fourth-order valence-electron chi connectivity index (χ4n) is 2.76. The van der Waals surface area contributed by atoms with Crippen molar-refractivity contribution in [1.82, 2.24) is 0 Å². The zero-order valence-electron chi connectivity index (χ0n) is 11.9. The van der Waals surface area contributed by atoms with Gasteiger partial charge in [-0.3, -0.25) is 0 Å². The Morgan fingerprint density at radius 3 is 1.44 bits per heavy atom. The van der Waals surface area contributed by atoms with Crippen LogP contribution in [0.15, 0.2) is 0 Å². The van der Waals surface area contributed by atoms with Gasteiger partial charge in [-0.05, 0) is 18.1 Å². The van der Waals surface area contributed by atoms with Crippen molar-refractivity contribution in [2.75, 3.05) is 21.3 Å². The molecule has 1 unspecified atom stereocenters. The average molecular weight is 265 g/mol. The minimum absolute atomic E-state index is 0.458. The molecule has 1 atom stereocenters. The fourth-order valence-corrected chi connectivity index (χ4v) is 13.6. The highest BCUT2D eigenvalue weighted by molar-refractivity contribution is 6.91. The zero-order chi connectivity index (χ0) is 12.8. The van der Waals surface area contributed by atoms with E-state index in [-0.39, 0.29) is 0 Å². The summed E-state index contributed by atoms with van der Waals surface area (Å²) in [5.74, 6) is 0. The van der Waals surface area contributed by atoms with Crippen LogP contribution in [-0.2, 0) is 13.3 Å². The number of rotatable bonds is 8. The average Bonchev–Trinajstić information content (AvgIpc) is 2.35. The maximum atomic E-state index is 5.92. The summed E-state index contributed by atoms with van der Waals surface area (Å²) in [4.78, 5) is 0. The predicted octanol–water partition coefficient (Wildman–Crippen LogP) is 3.30. The van der Waals surface area contributed by atoms with Crippen molar-refractivity contribution in [2.24, 2.45) is 0 Å². The van der Waals surface area contributed by atoms with Crippen molar-refractivity contribution in [3.05, 3.63) is 0 Å². The molecule has 16 heavy (non-hydrogen) atoms. The molecule has 0 fully saturated rings. The lowest BCUT2D eigenvalue weighted by molar-refractivity contribution is 0.234. The van der Waals surface area contributed by atoms with E-state index in [1.54, 1.807) is 14.2 Å². The molecule has 0 saturated heterocycles. The maximum Gasteiger partial charge on any atom is 0.339 e. The van der Waals surface area contributed by atoms with Crippen LogP contribution in [0.5, 0.6) is 0 Å². The Labute approximate surface area is 103 Å². The third-order valence-corrected chi connectivity index (χ3v) is 15.6. The van der Waals surface area contributed by atoms with Crippen LogP contribution >= 0.6 is 0 Å². The first-order valence-electron chi connectivity index (χ1n) is 6.17. The molecule has 0 aliphatic heterocycles. The van der Waals surface area contributed by atoms with E-state index < -0.39 is 16.9 Å². The lowest BCUT2D eigenvalue weighted by atomic mass is 10.9. The Morgan fingerprint density at radius 1 is 0.812 bits per heavy atom. The standard InChI is InChI=1S/C11H28O3Si2/c1-8-15(9-2,12-5)11(4)16(10-3,13-6)14-7/h11H,8-10H2,1-7H3. The Morgan fingerprint density at radius 2 is 1.25 bits per heavy atom. The summed E-state index contributed by atoms with van der Waals surface area (Å²) in [6.45, 7) is 8.90. The molecule has 0 rings (SSSR count). The largest absolute Gasteiger partial charge is 0.420 e. The van der Waals surface area contributed by atoms with Crippen molar-refractivity contribution in [1.29, 1.82) is 0 Å². The number of hydrogen-bond donors (Lipinski definition) is 0. The van der Waals surface area contributed by atoms with Crippen molar-refractivity contribution in [2.45, 2.75) is 51.0 Å². The second kappa shape index (κ2) is 6.91. The van der Waals surface area contributed by atoms with Crippen LogP contribution < -0.4 is 0 Å². The number of hydrogen-bond acceptors (Lipinski definition) is 3. The van der Waals surface area contributed by atoms with Crippen LogP contribution in [0.3, 0.4) is 0 Å². The minimum Gasteiger partial charge on any atom is -0.420 e. The smallest absolute Gasteiger partial charge is 0.339 e. The summed E-state index contributed by atoms with van der Waals surface area (Å²) in [7, 11) is 1.64. The van der Waals surface area contributed by atoms with Crippen LogP contribution in [0.4, 0.5) is 0 Å². The normalized spacial score (nSPS) is 15.2. The molecule has 0 aromatic rings. The van der Waals surface area contributed by atoms with Gasteiger partial charge in [0.25, 0.3) is 0 Å². The van der Waals surface area contributed by atoms with Crippen LogP contribution in [-0.4, -0.2) is 38.2 Å². The van der Waals surface area contributed by atoms with E-state index in [1.807, 2.05) is 7.11 Å². The summed E-state index contributed by atoms with van der Waals surface area (Å²) in [6, 6.07) is 3.24. The molecule has 0 aliphatic carbocycles. The van der Waals surface area contributed by atoms with Crippen molar-refractivity contribution >= 4 is 16.9 Å². The molecule has 0 bridgehead atoms. The Bertz CT molecular complexity index is 155. The SMILES string of the molecule is CC[Si](CC)(OC)C(C)[Si](CC)(OC)OC. The van der Waals surface area contributed by atoms with Gasteiger partial charge in [0, 0.05) is 26.5 Å². The van der Waals surface area contributed by atoms with Gasteiger partial charge in [0.05, 0.1) is 0 Å². The predicted molar refractivity (Wildman–Crippen MR) is 73.4 cm³/mol. The molecule has 0 aromatic carbocycles. The van der Waals surface area contributed by atoms with Crippen molar-refractivity contribution in [3.63, 3.8) is 0 Å². The van der Waals surface area contributed by atoms with Gasteiger partial charge in [-0.2, -0.15) is 0 Å². The van der Waals surface area contributed by atoms with Crippen LogP contribution in [0, 0.1) is 0 Å². The fraction of sp³-hybridized carbons (Fsp3) is 1.00. The molecule has 0 aliphatic rings. The Kier molecular flexibility index (Phi) is 7.04. The van der Waals surface area contributed by atoms with Gasteiger partial charge in [0.1, 0.15) is 0 Å². The van der Waals surface area contributed by atoms with Gasteiger partial charge in [-0.25, -0.2) is 0 Å². The van der Waals surface area contributed by atoms with Crippen LogP contribution in [0.2, 0.25) is 23.3 Å². The van der Waals surface area contributed by atoms with Crippen molar-refractivity contribution in [3.8, 4) is 0 Å². The molecule has 98 valence electrons. The summed E-state index contributed by atoms with van der Waals surface area (Å²) in [5, 5.41) is 0.458. The second-order valence-electron chi connectivity index (χ2n) is 4.27. The highest BCUT2D eigenvalue weighted by atomic mass is 28.4. The van der Waals surface area contributed by atoms with E-state index >= 15 is 0 Å². The molecular weight excluding hydrogens is 236 g/mol. The Balaban J connectivity index is 5.16. The van der Waals surface area contributed by atoms with Crippen molar-refractivity contribution < 1.29 is 13.3 Å². The van der Waals surface area contributed by atoms with E-state index in [4.69, 9.17) is 13.3 Å². The van der Waals surface area contributed by atoms with Crippen LogP contribution in [0.25, 0.3) is 0 Å². The van der Waals surface area contributed by atoms with Gasteiger partial charge in [0.15, 0.2) is 8.32 Å². The van der Waals surface area contributed by atoms with Gasteiger partial charge < -0.3 is 13.3 Å². The monoisotopic (exact) mass is 264 g/mol. The highest BCUT2D eigenvalue weighted by Gasteiger charge is 2.52. The lowest BCUT2D eigenvalue weighted by Crippen LogP contribution is -2.56. The van der Waals surface area contributed by atoms with Gasteiger partial charge in [-0.1, -0.05) is 27.7 Å². The van der Waals surface area contributed by atoms with E-state index in [1.165, 1.54) is 0 Å². The Hall–Kier alpha value is 0.314. The first kappa shape index (κ1) is 16.3. The van der Waals surface area contributed by atoms with Gasteiger partial charge >= 0.3 is 8.56 Å². The molecule has 0 radical (unpaired) electrons. The quantitative estimate of drug-likeness (QED) is 0.630. The summed E-state index contributed by atoms with van der Waals surface area (Å²) < 4.78 is 17.5. The molecular formula is C11H28O3Si2. The summed E-state index contributed by atoms with van der Waals surface area (Å²) in [5.41, 5.74) is 0. The third kappa shape index (κ3) is 2.76. The molecule has 0 saturated carbocycles. The molecule has 3 nitrogen and oxygen atoms in total. The third-order valence-electron chi connectivity index (χ3n) is 4.24. The first-order valence-corrected chi connectivity index (χ1v) is 10.7.